The van der Waals surface area contributed by atoms with Crippen LogP contribution in [0.1, 0.15) is 20.8 Å². The lowest BCUT2D eigenvalue weighted by Crippen LogP contribution is -2.92. The minimum Gasteiger partial charge on any atom is -0.336 e. The van der Waals surface area contributed by atoms with Gasteiger partial charge >= 0.3 is 0 Å². The van der Waals surface area contributed by atoms with E-state index in [1.54, 1.807) is 0 Å². The van der Waals surface area contributed by atoms with Crippen LogP contribution in [0.25, 0.3) is 0 Å². The molecule has 6 nitrogen and oxygen atoms in total. The van der Waals surface area contributed by atoms with Crippen LogP contribution in [0.5, 0.6) is 0 Å². The molecule has 1 rings (SSSR count). The summed E-state index contributed by atoms with van der Waals surface area (Å²) in [5, 5.41) is 9.71. The lowest BCUT2D eigenvalue weighted by molar-refractivity contribution is -0.677. The van der Waals surface area contributed by atoms with Gasteiger partial charge in [-0.3, -0.25) is 4.79 Å². The topological polar surface area (TPSA) is 106 Å². The average molecular weight is 300 g/mol. The van der Waals surface area contributed by atoms with E-state index in [2.05, 4.69) is 19.2 Å². The number of primary sulfonamides is 1. The molecule has 7 heteroatoms. The highest BCUT2D eigenvalue weighted by atomic mass is 32.2. The number of carbonyl (C=O) groups is 1. The zero-order valence-electron chi connectivity index (χ0n) is 12.0. The molecule has 5 N–H and O–H groups in total. The van der Waals surface area contributed by atoms with E-state index in [1.165, 1.54) is 24.3 Å². The summed E-state index contributed by atoms with van der Waals surface area (Å²) in [5.74, 6) is 0.397. The highest BCUT2D eigenvalue weighted by Crippen LogP contribution is 2.12. The van der Waals surface area contributed by atoms with Crippen molar-refractivity contribution in [3.05, 3.63) is 24.3 Å². The maximum Gasteiger partial charge on any atom is 0.282 e. The van der Waals surface area contributed by atoms with Crippen molar-refractivity contribution < 1.29 is 18.5 Å². The Labute approximate surface area is 119 Å². The van der Waals surface area contributed by atoms with Crippen LogP contribution in [-0.4, -0.2) is 26.9 Å². The zero-order chi connectivity index (χ0) is 15.3. The number of hydrogen-bond donors (Lipinski definition) is 3. The molecular formula is C13H22N3O3S+. The monoisotopic (exact) mass is 300 g/mol. The van der Waals surface area contributed by atoms with Crippen molar-refractivity contribution in [3.8, 4) is 0 Å². The van der Waals surface area contributed by atoms with E-state index in [0.29, 0.717) is 11.6 Å². The van der Waals surface area contributed by atoms with Gasteiger partial charge in [-0.2, -0.15) is 0 Å². The van der Waals surface area contributed by atoms with Gasteiger partial charge in [0.1, 0.15) is 0 Å². The van der Waals surface area contributed by atoms with Gasteiger partial charge in [0, 0.05) is 11.6 Å². The van der Waals surface area contributed by atoms with Crippen LogP contribution in [0.15, 0.2) is 29.2 Å². The molecule has 0 saturated heterocycles. The Bertz CT molecular complexity index is 553. The first-order chi connectivity index (χ1) is 9.20. The van der Waals surface area contributed by atoms with Gasteiger partial charge in [-0.05, 0) is 31.2 Å². The van der Waals surface area contributed by atoms with Gasteiger partial charge in [0.25, 0.3) is 5.91 Å². The molecule has 0 fully saturated rings. The summed E-state index contributed by atoms with van der Waals surface area (Å²) in [4.78, 5) is 11.9. The molecule has 20 heavy (non-hydrogen) atoms. The number of hydrogen-bond acceptors (Lipinski definition) is 3. The Hall–Kier alpha value is -1.44. The van der Waals surface area contributed by atoms with Crippen molar-refractivity contribution in [2.75, 3.05) is 11.9 Å². The van der Waals surface area contributed by atoms with Crippen LogP contribution in [0.3, 0.4) is 0 Å². The van der Waals surface area contributed by atoms with E-state index >= 15 is 0 Å². The van der Waals surface area contributed by atoms with Gasteiger partial charge in [0.2, 0.25) is 10.0 Å². The maximum atomic E-state index is 11.9. The van der Waals surface area contributed by atoms with Crippen molar-refractivity contribution in [2.45, 2.75) is 31.7 Å². The van der Waals surface area contributed by atoms with E-state index in [-0.39, 0.29) is 16.8 Å². The highest BCUT2D eigenvalue weighted by Gasteiger charge is 2.16. The van der Waals surface area contributed by atoms with Gasteiger partial charge in [-0.1, -0.05) is 13.8 Å². The second kappa shape index (κ2) is 6.83. The molecule has 0 aliphatic carbocycles. The molecule has 1 aromatic rings. The number of sulfonamides is 1. The van der Waals surface area contributed by atoms with Crippen molar-refractivity contribution >= 4 is 21.6 Å². The van der Waals surface area contributed by atoms with E-state index in [1.807, 2.05) is 12.2 Å². The smallest absolute Gasteiger partial charge is 0.282 e. The molecule has 1 amide bonds. The molecular weight excluding hydrogens is 278 g/mol. The quantitative estimate of drug-likeness (QED) is 0.682. The van der Waals surface area contributed by atoms with Crippen LogP contribution in [0.2, 0.25) is 0 Å². The summed E-state index contributed by atoms with van der Waals surface area (Å²) in [6.45, 7) is 6.88. The van der Waals surface area contributed by atoms with Crippen molar-refractivity contribution in [1.29, 1.82) is 0 Å². The molecule has 0 aromatic heterocycles. The highest BCUT2D eigenvalue weighted by molar-refractivity contribution is 7.89. The molecule has 0 bridgehead atoms. The standard InChI is InChI=1S/C13H21N3O3S/c1-9(2)8-15-10(3)13(17)16-11-4-6-12(7-5-11)20(14,18)19/h4-7,9-10,15H,8H2,1-3H3,(H,16,17)(H2,14,18,19)/p+1/t10-/m0/s1. The number of rotatable bonds is 6. The Morgan fingerprint density at radius 2 is 1.80 bits per heavy atom. The fourth-order valence-corrected chi connectivity index (χ4v) is 2.08. The first-order valence-electron chi connectivity index (χ1n) is 6.47. The van der Waals surface area contributed by atoms with Gasteiger partial charge in [0.05, 0.1) is 11.4 Å². The third kappa shape index (κ3) is 5.28. The van der Waals surface area contributed by atoms with E-state index in [9.17, 15) is 13.2 Å². The molecule has 0 saturated carbocycles. The summed E-state index contributed by atoms with van der Waals surface area (Å²) in [6, 6.07) is 5.58. The molecule has 1 aromatic carbocycles. The van der Waals surface area contributed by atoms with Crippen molar-refractivity contribution in [3.63, 3.8) is 0 Å². The average Bonchev–Trinajstić information content (AvgIpc) is 2.35. The Morgan fingerprint density at radius 1 is 1.25 bits per heavy atom. The molecule has 0 radical (unpaired) electrons. The molecule has 0 heterocycles. The Balaban J connectivity index is 2.62. The third-order valence-corrected chi connectivity index (χ3v) is 3.75. The lowest BCUT2D eigenvalue weighted by Gasteiger charge is -2.12. The molecule has 112 valence electrons. The number of nitrogens with two attached hydrogens (primary N) is 2. The maximum absolute atomic E-state index is 11.9. The van der Waals surface area contributed by atoms with Crippen molar-refractivity contribution in [1.82, 2.24) is 0 Å². The number of anilines is 1. The van der Waals surface area contributed by atoms with Gasteiger partial charge < -0.3 is 10.6 Å². The summed E-state index contributed by atoms with van der Waals surface area (Å²) in [5.41, 5.74) is 0.548. The number of nitrogens with one attached hydrogen (secondary N) is 1. The van der Waals surface area contributed by atoms with Crippen LogP contribution >= 0.6 is 0 Å². The number of benzene rings is 1. The minimum absolute atomic E-state index is 0.0231. The van der Waals surface area contributed by atoms with Crippen LogP contribution in [0.4, 0.5) is 5.69 Å². The minimum atomic E-state index is -3.70. The summed E-state index contributed by atoms with van der Waals surface area (Å²) in [7, 11) is -3.70. The fourth-order valence-electron chi connectivity index (χ4n) is 1.57. The summed E-state index contributed by atoms with van der Waals surface area (Å²) >= 11 is 0. The largest absolute Gasteiger partial charge is 0.336 e. The molecule has 0 aliphatic heterocycles. The molecule has 0 unspecified atom stereocenters. The van der Waals surface area contributed by atoms with Gasteiger partial charge in [-0.15, -0.1) is 0 Å². The number of carbonyl (C=O) groups excluding carboxylic acids is 1. The lowest BCUT2D eigenvalue weighted by atomic mass is 10.2. The second-order valence-corrected chi connectivity index (χ2v) is 6.77. The predicted molar refractivity (Wildman–Crippen MR) is 77.5 cm³/mol. The van der Waals surface area contributed by atoms with Gasteiger partial charge in [0.15, 0.2) is 6.04 Å². The van der Waals surface area contributed by atoms with Crippen LogP contribution in [0, 0.1) is 5.92 Å². The summed E-state index contributed by atoms with van der Waals surface area (Å²) in [6.07, 6.45) is 0. The Morgan fingerprint density at radius 3 is 2.25 bits per heavy atom. The SMILES string of the molecule is CC(C)C[NH2+][C@@H](C)C(=O)Nc1ccc(S(N)(=O)=O)cc1. The van der Waals surface area contributed by atoms with Gasteiger partial charge in [-0.25, -0.2) is 13.6 Å². The predicted octanol–water partition coefficient (Wildman–Crippen LogP) is -0.120. The van der Waals surface area contributed by atoms with E-state index in [4.69, 9.17) is 5.14 Å². The van der Waals surface area contributed by atoms with Crippen LogP contribution in [-0.2, 0) is 14.8 Å². The Kier molecular flexibility index (Phi) is 5.67. The second-order valence-electron chi connectivity index (χ2n) is 5.21. The molecule has 0 aliphatic rings. The van der Waals surface area contributed by atoms with Crippen molar-refractivity contribution in [2.24, 2.45) is 11.1 Å². The molecule has 1 atom stereocenters. The number of quaternary nitrogens is 1. The normalized spacial score (nSPS) is 13.2. The summed E-state index contributed by atoms with van der Waals surface area (Å²) < 4.78 is 22.2. The number of amides is 1. The van der Waals surface area contributed by atoms with E-state index in [0.717, 1.165) is 6.54 Å². The third-order valence-electron chi connectivity index (χ3n) is 2.82. The van der Waals surface area contributed by atoms with Crippen LogP contribution < -0.4 is 15.8 Å². The first kappa shape index (κ1) is 16.6. The zero-order valence-corrected chi connectivity index (χ0v) is 12.8. The van der Waals surface area contributed by atoms with E-state index < -0.39 is 10.0 Å². The first-order valence-corrected chi connectivity index (χ1v) is 8.02. The molecule has 0 spiro atoms. The fraction of sp³-hybridized carbons (Fsp3) is 0.462.